The maximum absolute atomic E-state index is 12.7. The number of carbonyl (C=O) groups is 1. The van der Waals surface area contributed by atoms with Gasteiger partial charge in [-0.25, -0.2) is 0 Å². The van der Waals surface area contributed by atoms with E-state index in [2.05, 4.69) is 5.32 Å². The SMILES string of the molecule is CC(=O)Oc1ccc([C@@H](O)CNCCCCCCOCCOCc2cccc(S(=O)C3CCCC3)c2)cc1CO. The zero-order valence-corrected chi connectivity index (χ0v) is 24.5. The first kappa shape index (κ1) is 32.4. The lowest BCUT2D eigenvalue weighted by molar-refractivity contribution is -0.131. The van der Waals surface area contributed by atoms with E-state index < -0.39 is 22.9 Å². The summed E-state index contributed by atoms with van der Waals surface area (Å²) in [5.41, 5.74) is 2.19. The third-order valence-corrected chi connectivity index (χ3v) is 8.80. The van der Waals surface area contributed by atoms with Crippen LogP contribution in [0.4, 0.5) is 0 Å². The molecule has 0 radical (unpaired) electrons. The fraction of sp³-hybridized carbons (Fsp3) is 0.581. The quantitative estimate of drug-likeness (QED) is 0.127. The number of aliphatic hydroxyl groups excluding tert-OH is 2. The van der Waals surface area contributed by atoms with Gasteiger partial charge >= 0.3 is 5.97 Å². The van der Waals surface area contributed by atoms with E-state index >= 15 is 0 Å². The van der Waals surface area contributed by atoms with E-state index in [1.54, 1.807) is 18.2 Å². The van der Waals surface area contributed by atoms with E-state index in [9.17, 15) is 19.2 Å². The Morgan fingerprint density at radius 1 is 1.02 bits per heavy atom. The van der Waals surface area contributed by atoms with Gasteiger partial charge in [0, 0.05) is 35.8 Å². The molecule has 0 aromatic heterocycles. The highest BCUT2D eigenvalue weighted by Gasteiger charge is 2.22. The van der Waals surface area contributed by atoms with Gasteiger partial charge in [0.15, 0.2) is 0 Å². The van der Waals surface area contributed by atoms with Crippen molar-refractivity contribution in [2.45, 2.75) is 87.8 Å². The molecule has 3 rings (SSSR count). The Hall–Kier alpha value is -2.14. The summed E-state index contributed by atoms with van der Waals surface area (Å²) >= 11 is 0. The number of aliphatic hydroxyl groups is 2. The highest BCUT2D eigenvalue weighted by Crippen LogP contribution is 2.27. The van der Waals surface area contributed by atoms with Crippen LogP contribution in [0.3, 0.4) is 0 Å². The summed E-state index contributed by atoms with van der Waals surface area (Å²) in [4.78, 5) is 12.1. The van der Waals surface area contributed by atoms with Gasteiger partial charge in [-0.1, -0.05) is 43.9 Å². The molecule has 0 bridgehead atoms. The van der Waals surface area contributed by atoms with Gasteiger partial charge in [0.1, 0.15) is 5.75 Å². The molecule has 0 aliphatic heterocycles. The second-order valence-electron chi connectivity index (χ2n) is 10.3. The normalized spacial score (nSPS) is 15.3. The molecule has 9 heteroatoms. The number of esters is 1. The lowest BCUT2D eigenvalue weighted by atomic mass is 10.1. The van der Waals surface area contributed by atoms with Gasteiger partial charge < -0.3 is 29.7 Å². The summed E-state index contributed by atoms with van der Waals surface area (Å²) in [6.07, 6.45) is 7.96. The number of hydrogen-bond acceptors (Lipinski definition) is 8. The Bertz CT molecular complexity index is 1060. The molecule has 3 N–H and O–H groups in total. The van der Waals surface area contributed by atoms with Crippen LogP contribution in [0.1, 0.15) is 81.1 Å². The number of rotatable bonds is 19. The average Bonchev–Trinajstić information content (AvgIpc) is 3.50. The van der Waals surface area contributed by atoms with Crippen LogP contribution in [0.5, 0.6) is 5.75 Å². The second kappa shape index (κ2) is 18.3. The first-order valence-corrected chi connectivity index (χ1v) is 15.6. The third kappa shape index (κ3) is 11.4. The van der Waals surface area contributed by atoms with Gasteiger partial charge in [-0.05, 0) is 67.6 Å². The molecule has 1 unspecified atom stereocenters. The molecule has 2 atom stereocenters. The number of benzene rings is 2. The summed E-state index contributed by atoms with van der Waals surface area (Å²) in [7, 11) is -0.915. The molecule has 0 heterocycles. The van der Waals surface area contributed by atoms with Crippen molar-refractivity contribution in [2.24, 2.45) is 0 Å². The molecule has 0 spiro atoms. The van der Waals surface area contributed by atoms with Crippen LogP contribution in [-0.4, -0.2) is 58.6 Å². The summed E-state index contributed by atoms with van der Waals surface area (Å²) in [6.45, 7) is 4.56. The maximum Gasteiger partial charge on any atom is 0.308 e. The van der Waals surface area contributed by atoms with Gasteiger partial charge in [0.05, 0.1) is 43.3 Å². The summed E-state index contributed by atoms with van der Waals surface area (Å²) in [5, 5.41) is 23.5. The zero-order valence-electron chi connectivity index (χ0n) is 23.6. The van der Waals surface area contributed by atoms with E-state index in [1.165, 1.54) is 19.8 Å². The molecule has 222 valence electrons. The van der Waals surface area contributed by atoms with Gasteiger partial charge in [-0.2, -0.15) is 0 Å². The third-order valence-electron chi connectivity index (χ3n) is 7.00. The second-order valence-corrected chi connectivity index (χ2v) is 12.0. The molecule has 2 aromatic rings. The lowest BCUT2D eigenvalue weighted by Gasteiger charge is -2.15. The molecule has 1 aliphatic carbocycles. The number of ether oxygens (including phenoxy) is 3. The van der Waals surface area contributed by atoms with Gasteiger partial charge in [0.25, 0.3) is 0 Å². The van der Waals surface area contributed by atoms with Crippen LogP contribution in [0.2, 0.25) is 0 Å². The Balaban J connectivity index is 1.16. The lowest BCUT2D eigenvalue weighted by Crippen LogP contribution is -2.22. The van der Waals surface area contributed by atoms with E-state index in [4.69, 9.17) is 14.2 Å². The molecule has 0 saturated heterocycles. The number of unbranched alkanes of at least 4 members (excludes halogenated alkanes) is 3. The Morgan fingerprint density at radius 3 is 2.58 bits per heavy atom. The minimum absolute atomic E-state index is 0.272. The topological polar surface area (TPSA) is 114 Å². The first-order chi connectivity index (χ1) is 19.5. The monoisotopic (exact) mass is 575 g/mol. The number of carbonyl (C=O) groups excluding carboxylic acids is 1. The molecular weight excluding hydrogens is 530 g/mol. The minimum Gasteiger partial charge on any atom is -0.426 e. The highest BCUT2D eigenvalue weighted by atomic mass is 32.2. The predicted octanol–water partition coefficient (Wildman–Crippen LogP) is 4.57. The summed E-state index contributed by atoms with van der Waals surface area (Å²) in [5.74, 6) is -0.140. The molecule has 2 aromatic carbocycles. The van der Waals surface area contributed by atoms with Crippen LogP contribution in [0.15, 0.2) is 47.4 Å². The first-order valence-electron chi connectivity index (χ1n) is 14.4. The van der Waals surface area contributed by atoms with Gasteiger partial charge in [-0.15, -0.1) is 0 Å². The van der Waals surface area contributed by atoms with Crippen molar-refractivity contribution in [2.75, 3.05) is 32.9 Å². The summed E-state index contributed by atoms with van der Waals surface area (Å²) in [6, 6.07) is 12.9. The van der Waals surface area contributed by atoms with E-state index in [0.717, 1.165) is 55.5 Å². The van der Waals surface area contributed by atoms with Crippen molar-refractivity contribution in [1.29, 1.82) is 0 Å². The van der Waals surface area contributed by atoms with Gasteiger partial charge in [-0.3, -0.25) is 9.00 Å². The fourth-order valence-electron chi connectivity index (χ4n) is 4.81. The standard InChI is InChI=1S/C31H45NO7S/c1-24(34)39-31-14-13-26(20-27(31)22-33)30(35)21-32-15-6-2-3-7-16-37-17-18-38-23-25-9-8-12-29(19-25)40(36)28-10-4-5-11-28/h8-9,12-14,19-20,28,30,32-33,35H,2-7,10-11,15-18,21-23H2,1H3/t30-,40?/m0/s1. The number of hydrogen-bond donors (Lipinski definition) is 3. The Kier molecular flexibility index (Phi) is 14.8. The largest absolute Gasteiger partial charge is 0.426 e. The molecular formula is C31H45NO7S. The van der Waals surface area contributed by atoms with Crippen molar-refractivity contribution in [3.8, 4) is 5.75 Å². The molecule has 1 saturated carbocycles. The molecule has 1 fully saturated rings. The highest BCUT2D eigenvalue weighted by molar-refractivity contribution is 7.85. The Morgan fingerprint density at radius 2 is 1.80 bits per heavy atom. The minimum atomic E-state index is -0.915. The van der Waals surface area contributed by atoms with Gasteiger partial charge in [0.2, 0.25) is 0 Å². The zero-order chi connectivity index (χ0) is 28.6. The molecule has 1 aliphatic rings. The van der Waals surface area contributed by atoms with Crippen molar-refractivity contribution in [3.63, 3.8) is 0 Å². The van der Waals surface area contributed by atoms with Crippen molar-refractivity contribution in [3.05, 3.63) is 59.2 Å². The average molecular weight is 576 g/mol. The van der Waals surface area contributed by atoms with Crippen LogP contribution in [0, 0.1) is 0 Å². The van der Waals surface area contributed by atoms with Crippen molar-refractivity contribution < 1.29 is 33.4 Å². The number of nitrogens with one attached hydrogen (secondary N) is 1. The van der Waals surface area contributed by atoms with Crippen LogP contribution in [0.25, 0.3) is 0 Å². The van der Waals surface area contributed by atoms with Crippen LogP contribution >= 0.6 is 0 Å². The Labute approximate surface area is 240 Å². The van der Waals surface area contributed by atoms with E-state index in [-0.39, 0.29) is 6.61 Å². The smallest absolute Gasteiger partial charge is 0.308 e. The van der Waals surface area contributed by atoms with Crippen LogP contribution in [-0.2, 0) is 38.3 Å². The van der Waals surface area contributed by atoms with Crippen LogP contribution < -0.4 is 10.1 Å². The maximum atomic E-state index is 12.7. The molecule has 0 amide bonds. The van der Waals surface area contributed by atoms with E-state index in [0.29, 0.717) is 55.1 Å². The molecule has 8 nitrogen and oxygen atoms in total. The fourth-order valence-corrected chi connectivity index (χ4v) is 6.44. The molecule has 40 heavy (non-hydrogen) atoms. The predicted molar refractivity (Wildman–Crippen MR) is 156 cm³/mol. The summed E-state index contributed by atoms with van der Waals surface area (Å²) < 4.78 is 29.2. The van der Waals surface area contributed by atoms with Crippen molar-refractivity contribution >= 4 is 16.8 Å². The van der Waals surface area contributed by atoms with Crippen molar-refractivity contribution in [1.82, 2.24) is 5.32 Å². The van der Waals surface area contributed by atoms with E-state index in [1.807, 2.05) is 24.3 Å².